The third-order valence-corrected chi connectivity index (χ3v) is 10.4. The van der Waals surface area contributed by atoms with Crippen molar-refractivity contribution in [1.82, 2.24) is 0 Å². The molecule has 1 N–H and O–H groups in total. The molecule has 1 saturated carbocycles. The van der Waals surface area contributed by atoms with Gasteiger partial charge in [0.25, 0.3) is 0 Å². The van der Waals surface area contributed by atoms with Crippen LogP contribution in [0.1, 0.15) is 92.9 Å². The molecular formula is C25H44O5S. The van der Waals surface area contributed by atoms with E-state index >= 15 is 0 Å². The molecule has 9 atom stereocenters. The lowest BCUT2D eigenvalue weighted by Crippen LogP contribution is -2.55. The minimum absolute atomic E-state index is 0.0381. The number of ether oxygens (including phenoxy) is 2. The van der Waals surface area contributed by atoms with Gasteiger partial charge in [-0.15, -0.1) is 0 Å². The number of hydrogen-bond acceptors (Lipinski definition) is 5. The SMILES string of the molecule is CCCC(=O)O[C@]1(C)CCC[C@@](C)(S(C)=O)C[C@H]2O[C@@H]1[C@H]1[C@@H]2[C@](C)(O)CC[C@@H]1C(C)C. The maximum Gasteiger partial charge on any atom is 0.306 e. The van der Waals surface area contributed by atoms with Gasteiger partial charge >= 0.3 is 5.97 Å². The first-order chi connectivity index (χ1) is 14.3. The summed E-state index contributed by atoms with van der Waals surface area (Å²) in [6.07, 6.45) is 7.26. The normalized spacial score (nSPS) is 46.5. The fourth-order valence-electron chi connectivity index (χ4n) is 6.80. The van der Waals surface area contributed by atoms with Crippen molar-refractivity contribution in [3.63, 3.8) is 0 Å². The van der Waals surface area contributed by atoms with Gasteiger partial charge in [0, 0.05) is 40.1 Å². The molecule has 3 rings (SSSR count). The second kappa shape index (κ2) is 9.06. The minimum Gasteiger partial charge on any atom is -0.457 e. The van der Waals surface area contributed by atoms with Crippen LogP contribution < -0.4 is 0 Å². The highest BCUT2D eigenvalue weighted by Crippen LogP contribution is 2.57. The van der Waals surface area contributed by atoms with Crippen molar-refractivity contribution in [3.05, 3.63) is 0 Å². The Morgan fingerprint density at radius 1 is 1.23 bits per heavy atom. The molecule has 3 fully saturated rings. The number of hydrogen-bond donors (Lipinski definition) is 1. The molecule has 5 nitrogen and oxygen atoms in total. The van der Waals surface area contributed by atoms with Crippen molar-refractivity contribution in [2.75, 3.05) is 6.26 Å². The highest BCUT2D eigenvalue weighted by atomic mass is 32.2. The van der Waals surface area contributed by atoms with E-state index in [2.05, 4.69) is 20.8 Å². The quantitative estimate of drug-likeness (QED) is 0.611. The average Bonchev–Trinajstić information content (AvgIpc) is 3.03. The predicted octanol–water partition coefficient (Wildman–Crippen LogP) is 4.62. The summed E-state index contributed by atoms with van der Waals surface area (Å²) < 4.78 is 25.4. The second-order valence-corrected chi connectivity index (χ2v) is 13.4. The van der Waals surface area contributed by atoms with Gasteiger partial charge in [-0.3, -0.25) is 9.00 Å². The Kier molecular flexibility index (Phi) is 7.35. The van der Waals surface area contributed by atoms with Crippen molar-refractivity contribution < 1.29 is 23.6 Å². The van der Waals surface area contributed by atoms with Crippen LogP contribution in [0.5, 0.6) is 0 Å². The molecule has 180 valence electrons. The molecule has 1 aliphatic carbocycles. The van der Waals surface area contributed by atoms with Gasteiger partial charge in [0.1, 0.15) is 11.7 Å². The molecule has 1 unspecified atom stereocenters. The van der Waals surface area contributed by atoms with E-state index in [1.165, 1.54) is 0 Å². The lowest BCUT2D eigenvalue weighted by atomic mass is 9.57. The van der Waals surface area contributed by atoms with Crippen molar-refractivity contribution in [1.29, 1.82) is 0 Å². The molecule has 0 aromatic rings. The molecule has 2 bridgehead atoms. The molecule has 0 spiro atoms. The second-order valence-electron chi connectivity index (χ2n) is 11.5. The van der Waals surface area contributed by atoms with Crippen LogP contribution in [0.2, 0.25) is 0 Å². The van der Waals surface area contributed by atoms with Gasteiger partial charge in [0.2, 0.25) is 0 Å². The van der Waals surface area contributed by atoms with E-state index in [1.54, 1.807) is 6.26 Å². The standard InChI is InChI=1S/C25H44O5S/c1-8-10-19(26)30-25(6)13-9-12-23(4,31(7)28)15-18-21-20(22(25)29-18)17(16(2)3)11-14-24(21,5)27/h16-18,20-22,27H,8-15H2,1-7H3/t17-,18-,20-,21-,22-,23-,24-,25-,31?/m1/s1. The third kappa shape index (κ3) is 4.77. The van der Waals surface area contributed by atoms with Crippen molar-refractivity contribution in [3.8, 4) is 0 Å². The molecule has 2 aliphatic heterocycles. The Balaban J connectivity index is 2.09. The number of rotatable bonds is 5. The summed E-state index contributed by atoms with van der Waals surface area (Å²) in [6, 6.07) is 0. The number of carbonyl (C=O) groups excluding carboxylic acids is 1. The molecule has 6 heteroatoms. The summed E-state index contributed by atoms with van der Waals surface area (Å²) in [4.78, 5) is 12.6. The van der Waals surface area contributed by atoms with E-state index in [1.807, 2.05) is 20.8 Å². The smallest absolute Gasteiger partial charge is 0.306 e. The Morgan fingerprint density at radius 2 is 1.90 bits per heavy atom. The average molecular weight is 457 g/mol. The van der Waals surface area contributed by atoms with Crippen molar-refractivity contribution in [2.45, 2.75) is 121 Å². The van der Waals surface area contributed by atoms with Crippen molar-refractivity contribution >= 4 is 16.8 Å². The zero-order valence-corrected chi connectivity index (χ0v) is 21.4. The fraction of sp³-hybridized carbons (Fsp3) is 0.960. The van der Waals surface area contributed by atoms with Gasteiger partial charge in [0.05, 0.1) is 11.7 Å². The lowest BCUT2D eigenvalue weighted by molar-refractivity contribution is -0.182. The molecular weight excluding hydrogens is 412 g/mol. The Bertz CT molecular complexity index is 691. The van der Waals surface area contributed by atoms with Crippen LogP contribution in [0.25, 0.3) is 0 Å². The largest absolute Gasteiger partial charge is 0.457 e. The first kappa shape index (κ1) is 25.2. The van der Waals surface area contributed by atoms with Crippen LogP contribution >= 0.6 is 0 Å². The van der Waals surface area contributed by atoms with Crippen LogP contribution in [0.15, 0.2) is 0 Å². The monoisotopic (exact) mass is 456 g/mol. The summed E-state index contributed by atoms with van der Waals surface area (Å²) >= 11 is 0. The molecule has 2 saturated heterocycles. The summed E-state index contributed by atoms with van der Waals surface area (Å²) in [5.41, 5.74) is -1.57. The molecule has 0 amide bonds. The van der Waals surface area contributed by atoms with Crippen molar-refractivity contribution in [2.24, 2.45) is 23.7 Å². The number of fused-ring (bicyclic) bond motifs is 5. The molecule has 0 aromatic carbocycles. The predicted molar refractivity (Wildman–Crippen MR) is 124 cm³/mol. The zero-order valence-electron chi connectivity index (χ0n) is 20.6. The maximum absolute atomic E-state index is 12.8. The Labute approximate surface area is 191 Å². The zero-order chi connectivity index (χ0) is 23.2. The fourth-order valence-corrected chi connectivity index (χ4v) is 7.63. The van der Waals surface area contributed by atoms with E-state index in [0.29, 0.717) is 31.1 Å². The first-order valence-electron chi connectivity index (χ1n) is 12.3. The van der Waals surface area contributed by atoms with E-state index in [9.17, 15) is 14.1 Å². The highest BCUT2D eigenvalue weighted by molar-refractivity contribution is 7.85. The van der Waals surface area contributed by atoms with Crippen LogP contribution in [0.4, 0.5) is 0 Å². The molecule has 31 heavy (non-hydrogen) atoms. The van der Waals surface area contributed by atoms with Crippen LogP contribution in [0, 0.1) is 23.7 Å². The number of aliphatic hydroxyl groups is 1. The van der Waals surface area contributed by atoms with Crippen LogP contribution in [-0.2, 0) is 25.1 Å². The summed E-state index contributed by atoms with van der Waals surface area (Å²) in [5, 5.41) is 11.5. The van der Waals surface area contributed by atoms with Gasteiger partial charge in [-0.2, -0.15) is 0 Å². The maximum atomic E-state index is 12.8. The third-order valence-electron chi connectivity index (χ3n) is 8.65. The first-order valence-corrected chi connectivity index (χ1v) is 13.8. The number of esters is 1. The highest BCUT2D eigenvalue weighted by Gasteiger charge is 2.63. The lowest BCUT2D eigenvalue weighted by Gasteiger charge is -2.50. The van der Waals surface area contributed by atoms with Gasteiger partial charge in [-0.25, -0.2) is 0 Å². The van der Waals surface area contributed by atoms with Gasteiger partial charge < -0.3 is 14.6 Å². The van der Waals surface area contributed by atoms with E-state index in [-0.39, 0.29) is 34.8 Å². The summed E-state index contributed by atoms with van der Waals surface area (Å²) in [6.45, 7) is 12.6. The Morgan fingerprint density at radius 3 is 2.48 bits per heavy atom. The summed E-state index contributed by atoms with van der Waals surface area (Å²) in [5.74, 6) is 0.781. The van der Waals surface area contributed by atoms with E-state index < -0.39 is 22.0 Å². The van der Waals surface area contributed by atoms with Gasteiger partial charge in [0.15, 0.2) is 0 Å². The van der Waals surface area contributed by atoms with Gasteiger partial charge in [-0.1, -0.05) is 20.8 Å². The molecule has 0 aromatic heterocycles. The number of carbonyl (C=O) groups is 1. The van der Waals surface area contributed by atoms with Crippen LogP contribution in [-0.4, -0.2) is 49.7 Å². The topological polar surface area (TPSA) is 72.8 Å². The molecule has 0 radical (unpaired) electrons. The van der Waals surface area contributed by atoms with E-state index in [4.69, 9.17) is 9.47 Å². The molecule has 2 heterocycles. The Hall–Kier alpha value is -0.460. The summed E-state index contributed by atoms with van der Waals surface area (Å²) in [7, 11) is -1.01. The molecule has 3 aliphatic rings. The van der Waals surface area contributed by atoms with E-state index in [0.717, 1.165) is 32.1 Å². The van der Waals surface area contributed by atoms with Crippen LogP contribution in [0.3, 0.4) is 0 Å². The van der Waals surface area contributed by atoms with Gasteiger partial charge in [-0.05, 0) is 77.6 Å². The minimum atomic E-state index is -1.01.